The fourth-order valence-corrected chi connectivity index (χ4v) is 2.17. The zero-order valence-corrected chi connectivity index (χ0v) is 12.8. The maximum Gasteiger partial charge on any atom is 0.0406 e. The summed E-state index contributed by atoms with van der Waals surface area (Å²) < 4.78 is 0. The Balaban J connectivity index is 2.74. The smallest absolute Gasteiger partial charge is 0.0406 e. The monoisotopic (exact) mass is 267 g/mol. The average Bonchev–Trinajstić information content (AvgIpc) is 2.36. The molecule has 0 aliphatic rings. The minimum absolute atomic E-state index is 0.314. The highest BCUT2D eigenvalue weighted by Crippen LogP contribution is 2.27. The molecule has 0 saturated carbocycles. The van der Waals surface area contributed by atoms with Crippen LogP contribution in [0.4, 0.5) is 0 Å². The third-order valence-corrected chi connectivity index (χ3v) is 4.10. The molecule has 0 amide bonds. The van der Waals surface area contributed by atoms with Crippen LogP contribution < -0.4 is 5.32 Å². The molecule has 1 unspecified atom stereocenters. The first-order valence-corrected chi connectivity index (χ1v) is 7.35. The van der Waals surface area contributed by atoms with Crippen molar-refractivity contribution in [2.24, 2.45) is 5.41 Å². The average molecular weight is 268 g/mol. The fraction of sp³-hybridized carbons (Fsp3) is 0.625. The summed E-state index contributed by atoms with van der Waals surface area (Å²) in [5.74, 6) is 0. The van der Waals surface area contributed by atoms with Gasteiger partial charge in [0.25, 0.3) is 0 Å². The lowest BCUT2D eigenvalue weighted by Gasteiger charge is -2.34. The van der Waals surface area contributed by atoms with E-state index in [0.717, 1.165) is 18.0 Å². The molecule has 18 heavy (non-hydrogen) atoms. The van der Waals surface area contributed by atoms with Gasteiger partial charge in [-0.1, -0.05) is 51.4 Å². The number of hydrogen-bond acceptors (Lipinski definition) is 1. The third kappa shape index (κ3) is 4.62. The first-order valence-electron chi connectivity index (χ1n) is 6.97. The van der Waals surface area contributed by atoms with E-state index >= 15 is 0 Å². The highest BCUT2D eigenvalue weighted by molar-refractivity contribution is 6.30. The molecular formula is C16H26ClN. The molecule has 1 atom stereocenters. The molecule has 1 aromatic rings. The van der Waals surface area contributed by atoms with Crippen molar-refractivity contribution >= 4 is 11.6 Å². The van der Waals surface area contributed by atoms with Gasteiger partial charge in [-0.25, -0.2) is 0 Å². The number of halogens is 1. The highest BCUT2D eigenvalue weighted by atomic mass is 35.5. The van der Waals surface area contributed by atoms with Gasteiger partial charge in [-0.15, -0.1) is 0 Å². The summed E-state index contributed by atoms with van der Waals surface area (Å²) in [5.41, 5.74) is 1.67. The van der Waals surface area contributed by atoms with Crippen LogP contribution in [0.25, 0.3) is 0 Å². The SMILES string of the molecule is CCCNC(Cc1ccc(Cl)cc1)C(C)(C)CC. The second kappa shape index (κ2) is 7.16. The minimum Gasteiger partial charge on any atom is -0.313 e. The van der Waals surface area contributed by atoms with Crippen LogP contribution >= 0.6 is 11.6 Å². The Labute approximate surface area is 117 Å². The van der Waals surface area contributed by atoms with E-state index < -0.39 is 0 Å². The van der Waals surface area contributed by atoms with Crippen molar-refractivity contribution in [1.82, 2.24) is 5.32 Å². The van der Waals surface area contributed by atoms with Gasteiger partial charge < -0.3 is 5.32 Å². The van der Waals surface area contributed by atoms with E-state index in [-0.39, 0.29) is 0 Å². The highest BCUT2D eigenvalue weighted by Gasteiger charge is 2.27. The Hall–Kier alpha value is -0.530. The van der Waals surface area contributed by atoms with E-state index in [2.05, 4.69) is 45.1 Å². The van der Waals surface area contributed by atoms with Crippen molar-refractivity contribution in [1.29, 1.82) is 0 Å². The van der Waals surface area contributed by atoms with Crippen molar-refractivity contribution in [3.05, 3.63) is 34.9 Å². The molecule has 0 aliphatic heterocycles. The van der Waals surface area contributed by atoms with Gasteiger partial charge in [0.05, 0.1) is 0 Å². The summed E-state index contributed by atoms with van der Waals surface area (Å²) in [6, 6.07) is 8.74. The summed E-state index contributed by atoms with van der Waals surface area (Å²) in [5, 5.41) is 4.50. The molecule has 0 fully saturated rings. The van der Waals surface area contributed by atoms with Gasteiger partial charge in [0, 0.05) is 11.1 Å². The largest absolute Gasteiger partial charge is 0.313 e. The summed E-state index contributed by atoms with van der Waals surface area (Å²) >= 11 is 5.93. The van der Waals surface area contributed by atoms with Crippen molar-refractivity contribution < 1.29 is 0 Å². The Bertz CT molecular complexity index is 343. The number of nitrogens with one attached hydrogen (secondary N) is 1. The molecule has 102 valence electrons. The molecular weight excluding hydrogens is 242 g/mol. The van der Waals surface area contributed by atoms with E-state index in [0.29, 0.717) is 11.5 Å². The molecule has 0 aromatic heterocycles. The first kappa shape index (κ1) is 15.5. The van der Waals surface area contributed by atoms with Gasteiger partial charge in [0.2, 0.25) is 0 Å². The topological polar surface area (TPSA) is 12.0 Å². The lowest BCUT2D eigenvalue weighted by molar-refractivity contribution is 0.230. The van der Waals surface area contributed by atoms with E-state index in [4.69, 9.17) is 11.6 Å². The molecule has 0 radical (unpaired) electrons. The van der Waals surface area contributed by atoms with Gasteiger partial charge in [0.15, 0.2) is 0 Å². The van der Waals surface area contributed by atoms with Gasteiger partial charge in [-0.3, -0.25) is 0 Å². The number of hydrogen-bond donors (Lipinski definition) is 1. The lowest BCUT2D eigenvalue weighted by Crippen LogP contribution is -2.43. The van der Waals surface area contributed by atoms with Crippen LogP contribution in [-0.2, 0) is 6.42 Å². The van der Waals surface area contributed by atoms with Crippen LogP contribution in [0.1, 0.15) is 46.1 Å². The van der Waals surface area contributed by atoms with Crippen molar-refractivity contribution in [2.75, 3.05) is 6.54 Å². The maximum atomic E-state index is 5.93. The molecule has 0 heterocycles. The third-order valence-electron chi connectivity index (χ3n) is 3.85. The molecule has 1 N–H and O–H groups in total. The molecule has 0 bridgehead atoms. The van der Waals surface area contributed by atoms with Crippen LogP contribution in [0.2, 0.25) is 5.02 Å². The first-order chi connectivity index (χ1) is 8.49. The zero-order chi connectivity index (χ0) is 13.6. The van der Waals surface area contributed by atoms with Gasteiger partial charge in [0.1, 0.15) is 0 Å². The fourth-order valence-electron chi connectivity index (χ4n) is 2.05. The van der Waals surface area contributed by atoms with E-state index in [1.54, 1.807) is 0 Å². The quantitative estimate of drug-likeness (QED) is 0.756. The zero-order valence-electron chi connectivity index (χ0n) is 12.1. The van der Waals surface area contributed by atoms with Gasteiger partial charge >= 0.3 is 0 Å². The van der Waals surface area contributed by atoms with Gasteiger partial charge in [-0.05, 0) is 48.9 Å². The molecule has 0 saturated heterocycles. The van der Waals surface area contributed by atoms with Crippen molar-refractivity contribution in [3.8, 4) is 0 Å². The number of benzene rings is 1. The van der Waals surface area contributed by atoms with Crippen LogP contribution in [0.3, 0.4) is 0 Å². The standard InChI is InChI=1S/C16H26ClN/c1-5-11-18-15(16(3,4)6-2)12-13-7-9-14(17)10-8-13/h7-10,15,18H,5-6,11-12H2,1-4H3. The molecule has 1 nitrogen and oxygen atoms in total. The molecule has 1 rings (SSSR count). The second-order valence-electron chi connectivity index (χ2n) is 5.68. The van der Waals surface area contributed by atoms with E-state index in [9.17, 15) is 0 Å². The van der Waals surface area contributed by atoms with E-state index in [1.807, 2.05) is 12.1 Å². The van der Waals surface area contributed by atoms with Crippen molar-refractivity contribution in [2.45, 2.75) is 53.0 Å². The molecule has 2 heteroatoms. The molecule has 0 spiro atoms. The summed E-state index contributed by atoms with van der Waals surface area (Å²) in [6.07, 6.45) is 3.43. The lowest BCUT2D eigenvalue weighted by atomic mass is 9.79. The van der Waals surface area contributed by atoms with Gasteiger partial charge in [-0.2, -0.15) is 0 Å². The molecule has 0 aliphatic carbocycles. The normalized spacial score (nSPS) is 13.6. The predicted molar refractivity (Wildman–Crippen MR) is 81.3 cm³/mol. The Morgan fingerprint density at radius 1 is 1.17 bits per heavy atom. The minimum atomic E-state index is 0.314. The second-order valence-corrected chi connectivity index (χ2v) is 6.12. The maximum absolute atomic E-state index is 5.93. The van der Waals surface area contributed by atoms with Crippen LogP contribution in [-0.4, -0.2) is 12.6 Å². The number of rotatable bonds is 7. The Morgan fingerprint density at radius 3 is 2.28 bits per heavy atom. The van der Waals surface area contributed by atoms with Crippen LogP contribution in [0, 0.1) is 5.41 Å². The van der Waals surface area contributed by atoms with Crippen LogP contribution in [0.15, 0.2) is 24.3 Å². The van der Waals surface area contributed by atoms with Crippen LogP contribution in [0.5, 0.6) is 0 Å². The summed E-state index contributed by atoms with van der Waals surface area (Å²) in [7, 11) is 0. The Morgan fingerprint density at radius 2 is 1.78 bits per heavy atom. The summed E-state index contributed by atoms with van der Waals surface area (Å²) in [4.78, 5) is 0. The Kier molecular flexibility index (Phi) is 6.17. The van der Waals surface area contributed by atoms with E-state index in [1.165, 1.54) is 18.4 Å². The summed E-state index contributed by atoms with van der Waals surface area (Å²) in [6.45, 7) is 10.3. The molecule has 1 aromatic carbocycles. The predicted octanol–water partition coefficient (Wildman–Crippen LogP) is 4.69. The van der Waals surface area contributed by atoms with Crippen molar-refractivity contribution in [3.63, 3.8) is 0 Å².